The van der Waals surface area contributed by atoms with Crippen molar-refractivity contribution in [1.29, 1.82) is 0 Å². The number of fused-ring (bicyclic) bond motifs is 1. The molecule has 4 aromatic carbocycles. The number of imide groups is 1. The van der Waals surface area contributed by atoms with Crippen molar-refractivity contribution in [3.8, 4) is 11.5 Å². The van der Waals surface area contributed by atoms with Crippen LogP contribution in [0.5, 0.6) is 11.5 Å². The van der Waals surface area contributed by atoms with Crippen LogP contribution in [0.2, 0.25) is 0 Å². The summed E-state index contributed by atoms with van der Waals surface area (Å²) in [6, 6.07) is 31.1. The molecule has 2 unspecified atom stereocenters. The highest BCUT2D eigenvalue weighted by atomic mass is 16.5. The van der Waals surface area contributed by atoms with Crippen molar-refractivity contribution in [2.75, 3.05) is 39.3 Å². The van der Waals surface area contributed by atoms with E-state index in [0.29, 0.717) is 38.2 Å². The summed E-state index contributed by atoms with van der Waals surface area (Å²) in [7, 11) is 0. The summed E-state index contributed by atoms with van der Waals surface area (Å²) in [5.41, 5.74) is 7.92. The van der Waals surface area contributed by atoms with Crippen LogP contribution < -0.4 is 15.4 Å². The number of aromatic hydroxyl groups is 1. The van der Waals surface area contributed by atoms with Gasteiger partial charge in [-0.15, -0.1) is 0 Å². The molecule has 2 saturated heterocycles. The molecule has 11 nitrogen and oxygen atoms in total. The Kier molecular flexibility index (Phi) is 11.9. The largest absolute Gasteiger partial charge is 0.508 e. The molecule has 4 amide bonds. The van der Waals surface area contributed by atoms with Gasteiger partial charge in [-0.25, -0.2) is 0 Å². The molecule has 7 rings (SSSR count). The first-order valence-electron chi connectivity index (χ1n) is 19.5. The van der Waals surface area contributed by atoms with E-state index in [1.165, 1.54) is 16.0 Å². The number of carbonyl (C=O) groups is 4. The van der Waals surface area contributed by atoms with E-state index in [4.69, 9.17) is 4.74 Å². The summed E-state index contributed by atoms with van der Waals surface area (Å²) in [6.45, 7) is 9.05. The van der Waals surface area contributed by atoms with Crippen molar-refractivity contribution in [3.05, 3.63) is 130 Å². The van der Waals surface area contributed by atoms with Crippen LogP contribution in [0.4, 0.5) is 0 Å². The summed E-state index contributed by atoms with van der Waals surface area (Å²) in [4.78, 5) is 55.9. The number of phenolic OH excluding ortho intramolecular Hbond substituents is 1. The standard InChI is InChI=1S/C45H49N5O6/c1-3-38(32-7-5-4-6-8-32)43(33-10-14-36(51)15-11-33)34-12-16-37(17-13-34)56-29-30(2)49-23-21-48(22-24-49)28-42(53)46-26-31-9-18-39-35(25-31)27-50(45(39)55)40-19-20-41(52)47-44(40)54/h4-18,25,30,40,51H,3,19-24,26-29H2,1-2H3,(H,46,53)(H,47,52,54). The van der Waals surface area contributed by atoms with Crippen LogP contribution in [0.15, 0.2) is 97.1 Å². The number of nitrogens with zero attached hydrogens (tertiary/aromatic N) is 3. The van der Waals surface area contributed by atoms with Crippen molar-refractivity contribution in [3.63, 3.8) is 0 Å². The number of ether oxygens (including phenoxy) is 1. The molecule has 290 valence electrons. The monoisotopic (exact) mass is 755 g/mol. The highest BCUT2D eigenvalue weighted by molar-refractivity contribution is 6.05. The lowest BCUT2D eigenvalue weighted by Gasteiger charge is -2.37. The molecular weight excluding hydrogens is 707 g/mol. The number of hydrogen-bond acceptors (Lipinski definition) is 8. The minimum atomic E-state index is -0.653. The van der Waals surface area contributed by atoms with Gasteiger partial charge in [-0.1, -0.05) is 73.7 Å². The Labute approximate surface area is 327 Å². The van der Waals surface area contributed by atoms with Gasteiger partial charge in [0.2, 0.25) is 17.7 Å². The van der Waals surface area contributed by atoms with Crippen molar-refractivity contribution in [2.45, 2.75) is 58.3 Å². The molecule has 3 heterocycles. The molecule has 2 atom stereocenters. The molecule has 11 heteroatoms. The van der Waals surface area contributed by atoms with Crippen molar-refractivity contribution in [2.24, 2.45) is 0 Å². The summed E-state index contributed by atoms with van der Waals surface area (Å²) in [6.07, 6.45) is 1.39. The Balaban J connectivity index is 0.870. The zero-order chi connectivity index (χ0) is 39.2. The van der Waals surface area contributed by atoms with Crippen molar-refractivity contribution >= 4 is 34.8 Å². The second-order valence-corrected chi connectivity index (χ2v) is 14.8. The van der Waals surface area contributed by atoms with Crippen LogP contribution in [0.3, 0.4) is 0 Å². The second-order valence-electron chi connectivity index (χ2n) is 14.8. The maximum Gasteiger partial charge on any atom is 0.255 e. The minimum absolute atomic E-state index is 0.0572. The Morgan fingerprint density at radius 3 is 2.27 bits per heavy atom. The van der Waals surface area contributed by atoms with Gasteiger partial charge >= 0.3 is 0 Å². The van der Waals surface area contributed by atoms with Gasteiger partial charge in [0.05, 0.1) is 6.54 Å². The van der Waals surface area contributed by atoms with E-state index in [2.05, 4.69) is 70.7 Å². The molecule has 3 aliphatic heterocycles. The lowest BCUT2D eigenvalue weighted by molar-refractivity contribution is -0.137. The molecular formula is C45H49N5O6. The highest BCUT2D eigenvalue weighted by Gasteiger charge is 2.39. The third-order valence-corrected chi connectivity index (χ3v) is 11.0. The molecule has 3 N–H and O–H groups in total. The number of rotatable bonds is 13. The van der Waals surface area contributed by atoms with Crippen molar-refractivity contribution in [1.82, 2.24) is 25.3 Å². The Morgan fingerprint density at radius 1 is 0.893 bits per heavy atom. The summed E-state index contributed by atoms with van der Waals surface area (Å²) < 4.78 is 6.27. The smallest absolute Gasteiger partial charge is 0.255 e. The number of piperidine rings is 1. The van der Waals surface area contributed by atoms with Gasteiger partial charge in [0.15, 0.2) is 0 Å². The van der Waals surface area contributed by atoms with Gasteiger partial charge in [-0.2, -0.15) is 0 Å². The normalized spacial score (nSPS) is 18.6. The maximum absolute atomic E-state index is 13.0. The molecule has 0 saturated carbocycles. The third kappa shape index (κ3) is 8.85. The summed E-state index contributed by atoms with van der Waals surface area (Å²) >= 11 is 0. The third-order valence-electron chi connectivity index (χ3n) is 11.0. The summed E-state index contributed by atoms with van der Waals surface area (Å²) in [5, 5.41) is 15.3. The van der Waals surface area contributed by atoms with Crippen LogP contribution >= 0.6 is 0 Å². The van der Waals surface area contributed by atoms with Crippen LogP contribution in [-0.4, -0.2) is 94.8 Å². The fourth-order valence-corrected chi connectivity index (χ4v) is 7.91. The fourth-order valence-electron chi connectivity index (χ4n) is 7.91. The van der Waals surface area contributed by atoms with Gasteiger partial charge in [-0.3, -0.25) is 34.3 Å². The van der Waals surface area contributed by atoms with E-state index in [-0.39, 0.29) is 35.9 Å². The molecule has 0 radical (unpaired) electrons. The van der Waals surface area contributed by atoms with Crippen LogP contribution in [-0.2, 0) is 27.5 Å². The molecule has 0 bridgehead atoms. The van der Waals surface area contributed by atoms with E-state index in [0.717, 1.165) is 66.2 Å². The molecule has 0 aromatic heterocycles. The average molecular weight is 756 g/mol. The number of amides is 4. The topological polar surface area (TPSA) is 132 Å². The van der Waals surface area contributed by atoms with E-state index < -0.39 is 11.9 Å². The Hall–Kier alpha value is -5.78. The Morgan fingerprint density at radius 2 is 1.59 bits per heavy atom. The van der Waals surface area contributed by atoms with Gasteiger partial charge in [0, 0.05) is 57.3 Å². The number of piperazine rings is 1. The lowest BCUT2D eigenvalue weighted by Crippen LogP contribution is -2.52. The number of hydrogen-bond donors (Lipinski definition) is 3. The molecule has 56 heavy (non-hydrogen) atoms. The maximum atomic E-state index is 13.0. The first-order valence-corrected chi connectivity index (χ1v) is 19.5. The van der Waals surface area contributed by atoms with E-state index in [1.807, 2.05) is 42.5 Å². The van der Waals surface area contributed by atoms with Gasteiger partial charge in [-0.05, 0) is 89.1 Å². The summed E-state index contributed by atoms with van der Waals surface area (Å²) in [5.74, 6) is 0.0370. The first kappa shape index (κ1) is 38.5. The van der Waals surface area contributed by atoms with Crippen molar-refractivity contribution < 1.29 is 29.0 Å². The molecule has 0 spiro atoms. The number of carbonyl (C=O) groups excluding carboxylic acids is 4. The van der Waals surface area contributed by atoms with Gasteiger partial charge in [0.1, 0.15) is 24.1 Å². The zero-order valence-electron chi connectivity index (χ0n) is 32.0. The van der Waals surface area contributed by atoms with E-state index in [1.54, 1.807) is 18.2 Å². The van der Waals surface area contributed by atoms with Gasteiger partial charge in [0.25, 0.3) is 5.91 Å². The van der Waals surface area contributed by atoms with Crippen LogP contribution in [0.1, 0.15) is 71.3 Å². The number of benzene rings is 4. The molecule has 4 aromatic rings. The predicted molar refractivity (Wildman–Crippen MR) is 215 cm³/mol. The van der Waals surface area contributed by atoms with E-state index >= 15 is 0 Å². The zero-order valence-corrected chi connectivity index (χ0v) is 32.0. The van der Waals surface area contributed by atoms with Crippen LogP contribution in [0.25, 0.3) is 11.1 Å². The molecule has 2 fully saturated rings. The van der Waals surface area contributed by atoms with Gasteiger partial charge < -0.3 is 20.1 Å². The SMILES string of the molecule is CCC(=C(c1ccc(O)cc1)c1ccc(OCC(C)N2CCN(CC(=O)NCc3ccc4c(c3)CN(C3CCC(=O)NC3=O)C4=O)CC2)cc1)c1ccccc1. The highest BCUT2D eigenvalue weighted by Crippen LogP contribution is 2.36. The number of allylic oxidation sites excluding steroid dienone is 1. The number of phenols is 1. The molecule has 0 aliphatic carbocycles. The quantitative estimate of drug-likeness (QED) is 0.125. The molecule has 3 aliphatic rings. The number of nitrogens with one attached hydrogen (secondary N) is 2. The minimum Gasteiger partial charge on any atom is -0.508 e. The first-order chi connectivity index (χ1) is 27.2. The van der Waals surface area contributed by atoms with E-state index in [9.17, 15) is 24.3 Å². The lowest BCUT2D eigenvalue weighted by atomic mass is 9.88. The van der Waals surface area contributed by atoms with Crippen LogP contribution in [0, 0.1) is 0 Å². The Bertz CT molecular complexity index is 2090. The fraction of sp³-hybridized carbons (Fsp3) is 0.333. The second kappa shape index (κ2) is 17.3. The average Bonchev–Trinajstić information content (AvgIpc) is 3.54. The predicted octanol–water partition coefficient (Wildman–Crippen LogP) is 5.22.